The van der Waals surface area contributed by atoms with Crippen molar-refractivity contribution in [1.82, 2.24) is 9.55 Å². The Hall–Kier alpha value is -1.56. The van der Waals surface area contributed by atoms with E-state index in [9.17, 15) is 9.59 Å². The van der Waals surface area contributed by atoms with Crippen molar-refractivity contribution in [2.45, 2.75) is 13.3 Å². The molecule has 0 aliphatic heterocycles. The monoisotopic (exact) mass is 184 g/mol. The standard InChI is InChI=1S/C7H12N4O2/c1-3-4-5(10-8)6(12)11(2)7(13)9-4/h10H,3,8H2,1-2H3,(H,9,13). The maximum Gasteiger partial charge on any atom is 0.328 e. The van der Waals surface area contributed by atoms with Crippen LogP contribution >= 0.6 is 0 Å². The summed E-state index contributed by atoms with van der Waals surface area (Å²) in [7, 11) is 1.39. The van der Waals surface area contributed by atoms with Crippen molar-refractivity contribution in [3.05, 3.63) is 26.5 Å². The topological polar surface area (TPSA) is 92.9 Å². The Morgan fingerprint density at radius 1 is 1.54 bits per heavy atom. The number of anilines is 1. The highest BCUT2D eigenvalue weighted by molar-refractivity contribution is 5.44. The Labute approximate surface area is 74.4 Å². The summed E-state index contributed by atoms with van der Waals surface area (Å²) < 4.78 is 0.967. The molecule has 0 amide bonds. The van der Waals surface area contributed by atoms with Gasteiger partial charge in [0.15, 0.2) is 0 Å². The molecule has 0 unspecified atom stereocenters. The zero-order chi connectivity index (χ0) is 10.0. The predicted molar refractivity (Wildman–Crippen MR) is 49.5 cm³/mol. The summed E-state index contributed by atoms with van der Waals surface area (Å²) in [5.41, 5.74) is 2.20. The molecule has 0 radical (unpaired) electrons. The van der Waals surface area contributed by atoms with Gasteiger partial charge in [0.2, 0.25) is 0 Å². The van der Waals surface area contributed by atoms with Gasteiger partial charge in [-0.15, -0.1) is 0 Å². The van der Waals surface area contributed by atoms with Gasteiger partial charge in [-0.2, -0.15) is 0 Å². The van der Waals surface area contributed by atoms with Crippen LogP contribution in [0.15, 0.2) is 9.59 Å². The van der Waals surface area contributed by atoms with Gasteiger partial charge in [0, 0.05) is 12.7 Å². The van der Waals surface area contributed by atoms with Crippen LogP contribution in [0.4, 0.5) is 5.69 Å². The van der Waals surface area contributed by atoms with Crippen LogP contribution in [0.1, 0.15) is 12.6 Å². The summed E-state index contributed by atoms with van der Waals surface area (Å²) in [5.74, 6) is 5.16. The Morgan fingerprint density at radius 3 is 2.62 bits per heavy atom. The maximum absolute atomic E-state index is 11.4. The molecule has 0 saturated heterocycles. The summed E-state index contributed by atoms with van der Waals surface area (Å²) in [6, 6.07) is 0. The van der Waals surface area contributed by atoms with Crippen LogP contribution in [0.5, 0.6) is 0 Å². The number of aromatic nitrogens is 2. The number of aryl methyl sites for hydroxylation is 1. The first kappa shape index (κ1) is 9.53. The average molecular weight is 184 g/mol. The highest BCUT2D eigenvalue weighted by Gasteiger charge is 2.08. The van der Waals surface area contributed by atoms with Gasteiger partial charge in [0.05, 0.1) is 0 Å². The molecule has 0 aliphatic carbocycles. The number of aromatic amines is 1. The third kappa shape index (κ3) is 1.48. The van der Waals surface area contributed by atoms with E-state index in [1.807, 2.05) is 6.92 Å². The van der Waals surface area contributed by atoms with Crippen LogP contribution < -0.4 is 22.5 Å². The van der Waals surface area contributed by atoms with Crippen LogP contribution in [0.25, 0.3) is 0 Å². The first-order valence-electron chi connectivity index (χ1n) is 3.90. The quantitative estimate of drug-likeness (QED) is 0.402. The van der Waals surface area contributed by atoms with Gasteiger partial charge in [0.1, 0.15) is 5.69 Å². The molecule has 0 fully saturated rings. The molecule has 0 aliphatic rings. The second-order valence-corrected chi connectivity index (χ2v) is 2.65. The molecule has 0 saturated carbocycles. The van der Waals surface area contributed by atoms with E-state index in [1.54, 1.807) is 0 Å². The zero-order valence-corrected chi connectivity index (χ0v) is 7.55. The van der Waals surface area contributed by atoms with Gasteiger partial charge in [0.25, 0.3) is 5.56 Å². The summed E-state index contributed by atoms with van der Waals surface area (Å²) in [6.45, 7) is 1.82. The van der Waals surface area contributed by atoms with E-state index in [-0.39, 0.29) is 5.69 Å². The second kappa shape index (κ2) is 3.44. The molecule has 72 valence electrons. The molecule has 1 aromatic heterocycles. The number of nitrogens with zero attached hydrogens (tertiary/aromatic N) is 1. The van der Waals surface area contributed by atoms with Gasteiger partial charge in [-0.3, -0.25) is 15.2 Å². The van der Waals surface area contributed by atoms with E-state index >= 15 is 0 Å². The Morgan fingerprint density at radius 2 is 2.15 bits per heavy atom. The number of nitrogens with one attached hydrogen (secondary N) is 2. The molecule has 0 aromatic carbocycles. The van der Waals surface area contributed by atoms with Crippen molar-refractivity contribution in [1.29, 1.82) is 0 Å². The highest BCUT2D eigenvalue weighted by Crippen LogP contribution is 2.02. The van der Waals surface area contributed by atoms with E-state index < -0.39 is 11.2 Å². The van der Waals surface area contributed by atoms with Crippen molar-refractivity contribution in [3.63, 3.8) is 0 Å². The molecule has 1 rings (SSSR count). The number of rotatable bonds is 2. The molecule has 1 aromatic rings. The lowest BCUT2D eigenvalue weighted by molar-refractivity contribution is 0.757. The molecule has 1 heterocycles. The lowest BCUT2D eigenvalue weighted by Gasteiger charge is -2.06. The summed E-state index contributed by atoms with van der Waals surface area (Å²) >= 11 is 0. The van der Waals surface area contributed by atoms with Gasteiger partial charge in [-0.1, -0.05) is 6.92 Å². The van der Waals surface area contributed by atoms with Crippen molar-refractivity contribution < 1.29 is 0 Å². The number of H-pyrrole nitrogens is 1. The van der Waals surface area contributed by atoms with E-state index in [1.165, 1.54) is 7.05 Å². The first-order chi connectivity index (χ1) is 6.11. The number of nitrogen functional groups attached to an aromatic ring is 1. The van der Waals surface area contributed by atoms with Crippen molar-refractivity contribution in [2.24, 2.45) is 12.9 Å². The number of nitrogens with two attached hydrogens (primary N) is 1. The number of hydrazine groups is 1. The minimum Gasteiger partial charge on any atom is -0.318 e. The molecule has 0 spiro atoms. The van der Waals surface area contributed by atoms with Crippen molar-refractivity contribution >= 4 is 5.69 Å². The Bertz CT molecular complexity index is 417. The van der Waals surface area contributed by atoms with Crippen LogP contribution in [0.2, 0.25) is 0 Å². The minimum absolute atomic E-state index is 0.240. The lowest BCUT2D eigenvalue weighted by Crippen LogP contribution is -2.36. The molecule has 13 heavy (non-hydrogen) atoms. The molecule has 4 N–H and O–H groups in total. The third-order valence-electron chi connectivity index (χ3n) is 1.88. The Balaban J connectivity index is 3.58. The zero-order valence-electron chi connectivity index (χ0n) is 7.55. The fourth-order valence-corrected chi connectivity index (χ4v) is 1.08. The van der Waals surface area contributed by atoms with Crippen molar-refractivity contribution in [2.75, 3.05) is 5.43 Å². The van der Waals surface area contributed by atoms with Crippen LogP contribution in [-0.2, 0) is 13.5 Å². The molecule has 6 nitrogen and oxygen atoms in total. The normalized spacial score (nSPS) is 10.1. The number of hydrogen-bond donors (Lipinski definition) is 3. The van der Waals surface area contributed by atoms with Crippen LogP contribution in [-0.4, -0.2) is 9.55 Å². The lowest BCUT2D eigenvalue weighted by atomic mass is 10.3. The van der Waals surface area contributed by atoms with Gasteiger partial charge in [-0.05, 0) is 6.42 Å². The fourth-order valence-electron chi connectivity index (χ4n) is 1.08. The SMILES string of the molecule is CCc1[nH]c(=O)n(C)c(=O)c1NN. The first-order valence-corrected chi connectivity index (χ1v) is 3.90. The molecular weight excluding hydrogens is 172 g/mol. The minimum atomic E-state index is -0.430. The van der Waals surface area contributed by atoms with E-state index in [2.05, 4.69) is 10.4 Å². The fraction of sp³-hybridized carbons (Fsp3) is 0.429. The van der Waals surface area contributed by atoms with E-state index in [0.717, 1.165) is 4.57 Å². The number of hydrogen-bond acceptors (Lipinski definition) is 4. The largest absolute Gasteiger partial charge is 0.328 e. The summed E-state index contributed by atoms with van der Waals surface area (Å²) in [5, 5.41) is 0. The highest BCUT2D eigenvalue weighted by atomic mass is 16.2. The van der Waals surface area contributed by atoms with E-state index in [4.69, 9.17) is 5.84 Å². The van der Waals surface area contributed by atoms with E-state index in [0.29, 0.717) is 12.1 Å². The molecular formula is C7H12N4O2. The second-order valence-electron chi connectivity index (χ2n) is 2.65. The molecule has 0 bridgehead atoms. The summed E-state index contributed by atoms with van der Waals surface area (Å²) in [4.78, 5) is 25.1. The molecule has 0 atom stereocenters. The van der Waals surface area contributed by atoms with Gasteiger partial charge in [-0.25, -0.2) is 4.79 Å². The van der Waals surface area contributed by atoms with Gasteiger partial charge >= 0.3 is 5.69 Å². The summed E-state index contributed by atoms with van der Waals surface area (Å²) in [6.07, 6.45) is 0.546. The van der Waals surface area contributed by atoms with Crippen LogP contribution in [0, 0.1) is 0 Å². The van der Waals surface area contributed by atoms with Crippen LogP contribution in [0.3, 0.4) is 0 Å². The predicted octanol–water partition coefficient (Wildman–Crippen LogP) is -1.08. The third-order valence-corrected chi connectivity index (χ3v) is 1.88. The average Bonchev–Trinajstić information content (AvgIpc) is 2.13. The Kier molecular flexibility index (Phi) is 2.52. The maximum atomic E-state index is 11.4. The van der Waals surface area contributed by atoms with Crippen molar-refractivity contribution in [3.8, 4) is 0 Å². The smallest absolute Gasteiger partial charge is 0.318 e. The van der Waals surface area contributed by atoms with Gasteiger partial charge < -0.3 is 10.4 Å². The molecule has 6 heteroatoms.